The summed E-state index contributed by atoms with van der Waals surface area (Å²) in [6.45, 7) is 4.47. The molecule has 0 aliphatic rings. The maximum Gasteiger partial charge on any atom is 0.252 e. The molecule has 0 unspecified atom stereocenters. The molecule has 0 aliphatic carbocycles. The smallest absolute Gasteiger partial charge is 0.252 e. The van der Waals surface area contributed by atoms with Crippen LogP contribution in [0.1, 0.15) is 25.0 Å². The number of sulfonamides is 1. The van der Waals surface area contributed by atoms with Crippen molar-refractivity contribution < 1.29 is 17.2 Å². The normalized spacial score (nSPS) is 12.3. The van der Waals surface area contributed by atoms with Crippen LogP contribution < -0.4 is 5.32 Å². The van der Waals surface area contributed by atoms with Gasteiger partial charge in [0.25, 0.3) is 6.43 Å². The minimum absolute atomic E-state index is 0.0516. The van der Waals surface area contributed by atoms with Crippen molar-refractivity contribution in [3.05, 3.63) is 29.3 Å². The Morgan fingerprint density at radius 2 is 1.90 bits per heavy atom. The Labute approximate surface area is 125 Å². The van der Waals surface area contributed by atoms with Crippen molar-refractivity contribution in [1.82, 2.24) is 9.62 Å². The Morgan fingerprint density at radius 3 is 2.43 bits per heavy atom. The molecule has 7 heteroatoms. The molecule has 0 aliphatic heterocycles. The second-order valence-electron chi connectivity index (χ2n) is 4.74. The fraction of sp³-hybridized carbons (Fsp3) is 0.571. The molecular formula is C14H22F2N2O2S. The quantitative estimate of drug-likeness (QED) is 0.799. The van der Waals surface area contributed by atoms with E-state index in [-0.39, 0.29) is 4.90 Å². The van der Waals surface area contributed by atoms with Gasteiger partial charge < -0.3 is 5.32 Å². The van der Waals surface area contributed by atoms with Crippen LogP contribution >= 0.6 is 0 Å². The first-order chi connectivity index (χ1) is 9.82. The maximum absolute atomic E-state index is 12.4. The van der Waals surface area contributed by atoms with Crippen LogP contribution in [-0.2, 0) is 23.0 Å². The summed E-state index contributed by atoms with van der Waals surface area (Å²) in [5.41, 5.74) is 1.93. The highest BCUT2D eigenvalue weighted by Crippen LogP contribution is 2.20. The molecule has 21 heavy (non-hydrogen) atoms. The average molecular weight is 320 g/mol. The largest absolute Gasteiger partial charge is 0.313 e. The number of rotatable bonds is 8. The Bertz CT molecular complexity index is 562. The van der Waals surface area contributed by atoms with E-state index in [2.05, 4.69) is 5.32 Å². The van der Waals surface area contributed by atoms with E-state index in [0.29, 0.717) is 10.8 Å². The minimum atomic E-state index is -3.88. The van der Waals surface area contributed by atoms with Gasteiger partial charge in [-0.1, -0.05) is 19.9 Å². The summed E-state index contributed by atoms with van der Waals surface area (Å²) in [6.07, 6.45) is -1.91. The van der Waals surface area contributed by atoms with Crippen molar-refractivity contribution in [2.75, 3.05) is 20.1 Å². The first kappa shape index (κ1) is 18.0. The highest BCUT2D eigenvalue weighted by atomic mass is 32.2. The second kappa shape index (κ2) is 7.82. The first-order valence-corrected chi connectivity index (χ1v) is 8.33. The third kappa shape index (κ3) is 4.72. The van der Waals surface area contributed by atoms with Crippen LogP contribution in [0.15, 0.2) is 23.1 Å². The van der Waals surface area contributed by atoms with Gasteiger partial charge in [0.05, 0.1) is 11.4 Å². The van der Waals surface area contributed by atoms with Crippen LogP contribution in [0.5, 0.6) is 0 Å². The molecule has 120 valence electrons. The van der Waals surface area contributed by atoms with Crippen molar-refractivity contribution in [3.8, 4) is 0 Å². The summed E-state index contributed by atoms with van der Waals surface area (Å²) >= 11 is 0. The van der Waals surface area contributed by atoms with Gasteiger partial charge in [0, 0.05) is 13.6 Å². The lowest BCUT2D eigenvalue weighted by Crippen LogP contribution is -2.31. The highest BCUT2D eigenvalue weighted by molar-refractivity contribution is 7.89. The van der Waals surface area contributed by atoms with E-state index in [4.69, 9.17) is 0 Å². The Hall–Kier alpha value is -1.05. The molecule has 0 heterocycles. The molecule has 0 saturated heterocycles. The maximum atomic E-state index is 12.4. The highest BCUT2D eigenvalue weighted by Gasteiger charge is 2.24. The van der Waals surface area contributed by atoms with Crippen LogP contribution in [0.25, 0.3) is 0 Å². The number of alkyl halides is 2. The minimum Gasteiger partial charge on any atom is -0.313 e. The van der Waals surface area contributed by atoms with E-state index in [0.717, 1.165) is 24.1 Å². The molecule has 0 radical (unpaired) electrons. The summed E-state index contributed by atoms with van der Waals surface area (Å²) in [4.78, 5) is 0.0516. The zero-order valence-electron chi connectivity index (χ0n) is 12.6. The van der Waals surface area contributed by atoms with Crippen LogP contribution in [0.4, 0.5) is 8.78 Å². The Balaban J connectivity index is 3.12. The lowest BCUT2D eigenvalue weighted by molar-refractivity contribution is 0.126. The summed E-state index contributed by atoms with van der Waals surface area (Å²) in [7, 11) is -2.72. The van der Waals surface area contributed by atoms with Gasteiger partial charge in [0.15, 0.2) is 0 Å². The average Bonchev–Trinajstić information content (AvgIpc) is 2.43. The van der Waals surface area contributed by atoms with Crippen molar-refractivity contribution in [2.45, 2.75) is 38.1 Å². The number of halogens is 2. The van der Waals surface area contributed by atoms with Crippen LogP contribution in [-0.4, -0.2) is 39.3 Å². The predicted octanol–water partition coefficient (Wildman–Crippen LogP) is 2.24. The Morgan fingerprint density at radius 1 is 1.24 bits per heavy atom. The molecule has 1 rings (SSSR count). The lowest BCUT2D eigenvalue weighted by atomic mass is 10.1. The van der Waals surface area contributed by atoms with Gasteiger partial charge in [0.2, 0.25) is 10.0 Å². The van der Waals surface area contributed by atoms with Gasteiger partial charge in [-0.2, -0.15) is 4.31 Å². The topological polar surface area (TPSA) is 49.4 Å². The van der Waals surface area contributed by atoms with Gasteiger partial charge in [-0.05, 0) is 36.2 Å². The molecule has 0 atom stereocenters. The zero-order chi connectivity index (χ0) is 16.0. The van der Waals surface area contributed by atoms with Crippen molar-refractivity contribution in [3.63, 3.8) is 0 Å². The molecule has 1 aromatic carbocycles. The number of benzene rings is 1. The zero-order valence-corrected chi connectivity index (χ0v) is 13.4. The molecule has 1 aromatic rings. The molecule has 0 aromatic heterocycles. The Kier molecular flexibility index (Phi) is 6.70. The van der Waals surface area contributed by atoms with Crippen molar-refractivity contribution in [1.29, 1.82) is 0 Å². The van der Waals surface area contributed by atoms with Crippen molar-refractivity contribution in [2.24, 2.45) is 0 Å². The summed E-state index contributed by atoms with van der Waals surface area (Å²) < 4.78 is 50.0. The first-order valence-electron chi connectivity index (χ1n) is 6.89. The van der Waals surface area contributed by atoms with E-state index in [9.17, 15) is 17.2 Å². The summed E-state index contributed by atoms with van der Waals surface area (Å²) in [5.74, 6) is 0. The number of aryl methyl sites for hydroxylation is 1. The van der Waals surface area contributed by atoms with Gasteiger partial charge in [-0.25, -0.2) is 17.2 Å². The molecule has 1 N–H and O–H groups in total. The molecule has 0 saturated carbocycles. The fourth-order valence-electron chi connectivity index (χ4n) is 2.00. The SMILES string of the molecule is CCNCc1cc(S(=O)(=O)N(C)CC(F)F)ccc1CC. The van der Waals surface area contributed by atoms with Crippen LogP contribution in [0.3, 0.4) is 0 Å². The standard InChI is InChI=1S/C14H22F2N2O2S/c1-4-11-6-7-13(8-12(11)9-17-5-2)21(19,20)18(3)10-14(15)16/h6-8,14,17H,4-5,9-10H2,1-3H3. The lowest BCUT2D eigenvalue weighted by Gasteiger charge is -2.18. The molecule has 0 spiro atoms. The third-order valence-electron chi connectivity index (χ3n) is 3.23. The summed E-state index contributed by atoms with van der Waals surface area (Å²) in [6, 6.07) is 4.79. The number of hydrogen-bond acceptors (Lipinski definition) is 3. The summed E-state index contributed by atoms with van der Waals surface area (Å²) in [5, 5.41) is 3.15. The number of hydrogen-bond donors (Lipinski definition) is 1. The van der Waals surface area contributed by atoms with E-state index in [1.54, 1.807) is 12.1 Å². The molecule has 0 fully saturated rings. The number of nitrogens with one attached hydrogen (secondary N) is 1. The van der Waals surface area contributed by atoms with E-state index in [1.165, 1.54) is 13.1 Å². The molecular weight excluding hydrogens is 298 g/mol. The number of nitrogens with zero attached hydrogens (tertiary/aromatic N) is 1. The van der Waals surface area contributed by atoms with Gasteiger partial charge in [-0.15, -0.1) is 0 Å². The van der Waals surface area contributed by atoms with Crippen molar-refractivity contribution >= 4 is 10.0 Å². The van der Waals surface area contributed by atoms with Gasteiger partial charge >= 0.3 is 0 Å². The monoisotopic (exact) mass is 320 g/mol. The molecule has 0 bridgehead atoms. The van der Waals surface area contributed by atoms with Gasteiger partial charge in [-0.3, -0.25) is 0 Å². The molecule has 4 nitrogen and oxygen atoms in total. The van der Waals surface area contributed by atoms with Gasteiger partial charge in [0.1, 0.15) is 0 Å². The van der Waals surface area contributed by atoms with Crippen LogP contribution in [0.2, 0.25) is 0 Å². The third-order valence-corrected chi connectivity index (χ3v) is 5.05. The van der Waals surface area contributed by atoms with E-state index in [1.807, 2.05) is 13.8 Å². The predicted molar refractivity (Wildman–Crippen MR) is 79.0 cm³/mol. The van der Waals surface area contributed by atoms with E-state index < -0.39 is 23.0 Å². The second-order valence-corrected chi connectivity index (χ2v) is 6.79. The van der Waals surface area contributed by atoms with E-state index >= 15 is 0 Å². The molecule has 0 amide bonds. The fourth-order valence-corrected chi connectivity index (χ4v) is 3.20. The van der Waals surface area contributed by atoms with Crippen LogP contribution in [0, 0.1) is 0 Å².